The van der Waals surface area contributed by atoms with Gasteiger partial charge in [-0.2, -0.15) is 0 Å². The molecule has 0 aromatic carbocycles. The lowest BCUT2D eigenvalue weighted by Gasteiger charge is -1.94. The van der Waals surface area contributed by atoms with Gasteiger partial charge in [-0.05, 0) is 23.9 Å². The van der Waals surface area contributed by atoms with Crippen LogP contribution in [0.1, 0.15) is 25.7 Å². The van der Waals surface area contributed by atoms with Crippen LogP contribution < -0.4 is 0 Å². The van der Waals surface area contributed by atoms with E-state index < -0.39 is 0 Å². The van der Waals surface area contributed by atoms with Gasteiger partial charge in [0.15, 0.2) is 0 Å². The van der Waals surface area contributed by atoms with Crippen LogP contribution in [0.15, 0.2) is 10.2 Å². The second kappa shape index (κ2) is 9.62. The quantitative estimate of drug-likeness (QED) is 0.241. The molecule has 0 saturated heterocycles. The van der Waals surface area contributed by atoms with Crippen molar-refractivity contribution in [3.8, 4) is 0 Å². The van der Waals surface area contributed by atoms with E-state index >= 15 is 0 Å². The van der Waals surface area contributed by atoms with Gasteiger partial charge in [-0.25, -0.2) is 0 Å². The largest absolute Gasteiger partial charge is 0.0940 e. The zero-order valence-corrected chi connectivity index (χ0v) is 6.93. The van der Waals surface area contributed by atoms with Gasteiger partial charge in [0.05, 0.1) is 0 Å². The Morgan fingerprint density at radius 2 is 1.17 bits per heavy atom. The highest BCUT2D eigenvalue weighted by molar-refractivity contribution is 4.51. The van der Waals surface area contributed by atoms with E-state index in [0.29, 0.717) is 13.1 Å². The molecule has 0 aromatic rings. The van der Waals surface area contributed by atoms with Crippen molar-refractivity contribution in [2.24, 2.45) is 10.2 Å². The van der Waals surface area contributed by atoms with Crippen molar-refractivity contribution in [2.75, 3.05) is 13.1 Å². The summed E-state index contributed by atoms with van der Waals surface area (Å²) in [6.07, 6.45) is 3.89. The summed E-state index contributed by atoms with van der Waals surface area (Å²) < 4.78 is 0. The molecule has 0 aliphatic carbocycles. The Hall–Kier alpha value is -1.38. The lowest BCUT2D eigenvalue weighted by atomic mass is 10.2. The molecule has 6 nitrogen and oxygen atoms in total. The number of rotatable bonds is 7. The van der Waals surface area contributed by atoms with Crippen molar-refractivity contribution in [3.05, 3.63) is 20.9 Å². The first kappa shape index (κ1) is 10.6. The molecular formula is C6H12N6. The molecule has 0 saturated carbocycles. The van der Waals surface area contributed by atoms with Gasteiger partial charge >= 0.3 is 0 Å². The smallest absolute Gasteiger partial charge is 0.0257 e. The normalized spacial score (nSPS) is 8.33. The molecule has 0 spiro atoms. The third-order valence-electron chi connectivity index (χ3n) is 1.39. The standard InChI is InChI=1S/C6H12N6/c7-11-9-5-3-1-2-4-6-10-12-8/h1-6H2. The van der Waals surface area contributed by atoms with E-state index in [1.807, 2.05) is 0 Å². The average Bonchev–Trinajstić information content (AvgIpc) is 2.10. The highest BCUT2D eigenvalue weighted by atomic mass is 15.1. The molecule has 0 unspecified atom stereocenters. The first-order chi connectivity index (χ1) is 5.91. The molecule has 0 amide bonds. The van der Waals surface area contributed by atoms with Gasteiger partial charge in [-0.1, -0.05) is 23.1 Å². The van der Waals surface area contributed by atoms with E-state index in [9.17, 15) is 0 Å². The molecule has 0 bridgehead atoms. The van der Waals surface area contributed by atoms with Crippen LogP contribution in [0.3, 0.4) is 0 Å². The van der Waals surface area contributed by atoms with E-state index in [2.05, 4.69) is 20.1 Å². The summed E-state index contributed by atoms with van der Waals surface area (Å²) in [5.41, 5.74) is 15.9. The Morgan fingerprint density at radius 1 is 0.750 bits per heavy atom. The van der Waals surface area contributed by atoms with Crippen molar-refractivity contribution in [1.29, 1.82) is 0 Å². The molecule has 0 fully saturated rings. The third kappa shape index (κ3) is 8.62. The van der Waals surface area contributed by atoms with Crippen LogP contribution in [-0.4, -0.2) is 13.1 Å². The van der Waals surface area contributed by atoms with Gasteiger partial charge in [0, 0.05) is 22.9 Å². The van der Waals surface area contributed by atoms with Crippen LogP contribution in [0, 0.1) is 0 Å². The summed E-state index contributed by atoms with van der Waals surface area (Å²) >= 11 is 0. The van der Waals surface area contributed by atoms with Gasteiger partial charge < -0.3 is 0 Å². The molecule has 66 valence electrons. The summed E-state index contributed by atoms with van der Waals surface area (Å²) in [6, 6.07) is 0. The number of nitrogens with zero attached hydrogens (tertiary/aromatic N) is 6. The fraction of sp³-hybridized carbons (Fsp3) is 1.00. The minimum Gasteiger partial charge on any atom is -0.0940 e. The van der Waals surface area contributed by atoms with E-state index in [1.54, 1.807) is 0 Å². The predicted octanol–water partition coefficient (Wildman–Crippen LogP) is 3.17. The highest BCUT2D eigenvalue weighted by Crippen LogP contribution is 2.00. The number of azide groups is 2. The SMILES string of the molecule is [N-]=[N+]=NCCCCCCN=[N+]=[N-]. The molecular weight excluding hydrogens is 156 g/mol. The van der Waals surface area contributed by atoms with Crippen molar-refractivity contribution >= 4 is 0 Å². The second-order valence-electron chi connectivity index (χ2n) is 2.32. The molecule has 0 aliphatic heterocycles. The van der Waals surface area contributed by atoms with Gasteiger partial charge in [0.25, 0.3) is 0 Å². The molecule has 0 aromatic heterocycles. The number of hydrogen-bond acceptors (Lipinski definition) is 2. The molecule has 0 aliphatic rings. The predicted molar refractivity (Wildman–Crippen MR) is 46.5 cm³/mol. The summed E-state index contributed by atoms with van der Waals surface area (Å²) in [5, 5.41) is 6.81. The van der Waals surface area contributed by atoms with Crippen molar-refractivity contribution in [3.63, 3.8) is 0 Å². The lowest BCUT2D eigenvalue weighted by molar-refractivity contribution is 0.651. The maximum atomic E-state index is 7.94. The van der Waals surface area contributed by atoms with Crippen molar-refractivity contribution in [2.45, 2.75) is 25.7 Å². The second-order valence-corrected chi connectivity index (χ2v) is 2.32. The zero-order chi connectivity index (χ0) is 9.07. The van der Waals surface area contributed by atoms with Crippen LogP contribution in [0.25, 0.3) is 20.9 Å². The minimum absolute atomic E-state index is 0.567. The Labute approximate surface area is 70.8 Å². The van der Waals surface area contributed by atoms with Crippen LogP contribution in [0.4, 0.5) is 0 Å². The summed E-state index contributed by atoms with van der Waals surface area (Å²) in [6.45, 7) is 1.13. The first-order valence-corrected chi connectivity index (χ1v) is 3.93. The van der Waals surface area contributed by atoms with Crippen molar-refractivity contribution < 1.29 is 0 Å². The summed E-state index contributed by atoms with van der Waals surface area (Å²) in [7, 11) is 0. The number of hydrogen-bond donors (Lipinski definition) is 0. The Kier molecular flexibility index (Phi) is 8.51. The van der Waals surface area contributed by atoms with Crippen LogP contribution in [0.5, 0.6) is 0 Å². The maximum Gasteiger partial charge on any atom is 0.0257 e. The van der Waals surface area contributed by atoms with Gasteiger partial charge in [0.2, 0.25) is 0 Å². The topological polar surface area (TPSA) is 97.5 Å². The van der Waals surface area contributed by atoms with E-state index in [-0.39, 0.29) is 0 Å². The highest BCUT2D eigenvalue weighted by Gasteiger charge is 1.87. The Balaban J connectivity index is 3.00. The molecule has 0 radical (unpaired) electrons. The zero-order valence-electron chi connectivity index (χ0n) is 6.93. The van der Waals surface area contributed by atoms with Crippen molar-refractivity contribution in [1.82, 2.24) is 0 Å². The average molecular weight is 168 g/mol. The molecule has 0 atom stereocenters. The maximum absolute atomic E-state index is 7.94. The number of unbranched alkanes of at least 4 members (excludes halogenated alkanes) is 3. The first-order valence-electron chi connectivity index (χ1n) is 3.93. The molecule has 0 rings (SSSR count). The lowest BCUT2D eigenvalue weighted by Crippen LogP contribution is -1.83. The van der Waals surface area contributed by atoms with E-state index in [0.717, 1.165) is 25.7 Å². The fourth-order valence-electron chi connectivity index (χ4n) is 0.808. The Morgan fingerprint density at radius 3 is 1.50 bits per heavy atom. The minimum atomic E-state index is 0.567. The molecule has 12 heavy (non-hydrogen) atoms. The third-order valence-corrected chi connectivity index (χ3v) is 1.39. The van der Waals surface area contributed by atoms with E-state index in [1.165, 1.54) is 0 Å². The van der Waals surface area contributed by atoms with Crippen LogP contribution in [0.2, 0.25) is 0 Å². The van der Waals surface area contributed by atoms with Crippen LogP contribution in [-0.2, 0) is 0 Å². The summed E-state index contributed by atoms with van der Waals surface area (Å²) in [4.78, 5) is 5.28. The fourth-order valence-corrected chi connectivity index (χ4v) is 0.808. The molecule has 0 N–H and O–H groups in total. The van der Waals surface area contributed by atoms with E-state index in [4.69, 9.17) is 11.1 Å². The Bertz CT molecular complexity index is 166. The molecule has 0 heterocycles. The van der Waals surface area contributed by atoms with Gasteiger partial charge in [0.1, 0.15) is 0 Å². The van der Waals surface area contributed by atoms with Gasteiger partial charge in [-0.3, -0.25) is 0 Å². The van der Waals surface area contributed by atoms with Crippen LogP contribution >= 0.6 is 0 Å². The van der Waals surface area contributed by atoms with Gasteiger partial charge in [-0.15, -0.1) is 0 Å². The monoisotopic (exact) mass is 168 g/mol. The summed E-state index contributed by atoms with van der Waals surface area (Å²) in [5.74, 6) is 0. The molecule has 6 heteroatoms.